The number of sulfone groups is 1. The van der Waals surface area contributed by atoms with Crippen LogP contribution in [-0.2, 0) is 47.9 Å². The van der Waals surface area contributed by atoms with Gasteiger partial charge in [-0.3, -0.25) is 9.59 Å². The minimum Gasteiger partial charge on any atom is -0.466 e. The molecule has 0 radical (unpaired) electrons. The van der Waals surface area contributed by atoms with E-state index >= 15 is 0 Å². The monoisotopic (exact) mass is 524 g/mol. The van der Waals surface area contributed by atoms with Crippen LogP contribution in [0.25, 0.3) is 0 Å². The molecule has 0 saturated carbocycles. The average Bonchev–Trinajstić information content (AvgIpc) is 3.20. The molecule has 2 heterocycles. The minimum atomic E-state index is -3.69. The number of methoxy groups -OCH3 is 1. The summed E-state index contributed by atoms with van der Waals surface area (Å²) in [4.78, 5) is 35.8. The first-order chi connectivity index (χ1) is 16.9. The zero-order valence-corrected chi connectivity index (χ0v) is 21.6. The Morgan fingerprint density at radius 1 is 1.11 bits per heavy atom. The Labute approximate surface area is 210 Å². The molecule has 2 saturated heterocycles. The number of hydrogen-bond donors (Lipinski definition) is 0. The van der Waals surface area contributed by atoms with E-state index in [1.54, 1.807) is 24.3 Å². The van der Waals surface area contributed by atoms with Gasteiger partial charge in [-0.25, -0.2) is 13.2 Å². The van der Waals surface area contributed by atoms with Gasteiger partial charge in [-0.15, -0.1) is 0 Å². The molecule has 3 rings (SSSR count). The highest BCUT2D eigenvalue weighted by Gasteiger charge is 2.55. The van der Waals surface area contributed by atoms with Gasteiger partial charge in [0.05, 0.1) is 24.4 Å². The third kappa shape index (κ3) is 6.51. The standard InChI is InChI=1S/C25H32O10S/c1-14-6-8-19(9-7-14)36(29,30)13-18-11-33-25-22(18)20(10-15(2)24(28)31-5)23(34-17(4)27)21(35-25)12-32-16(3)26/h6-9,18,20-23,25H,2,10-13H2,1,3-5H3/t18-,20+,21+,22+,23-,25-/m0/s1. The molecule has 0 bridgehead atoms. The van der Waals surface area contributed by atoms with E-state index < -0.39 is 64.0 Å². The van der Waals surface area contributed by atoms with Crippen LogP contribution in [0.4, 0.5) is 0 Å². The van der Waals surface area contributed by atoms with Gasteiger partial charge in [-0.2, -0.15) is 0 Å². The van der Waals surface area contributed by atoms with Crippen LogP contribution in [0.1, 0.15) is 25.8 Å². The molecule has 2 fully saturated rings. The topological polar surface area (TPSA) is 131 Å². The van der Waals surface area contributed by atoms with Gasteiger partial charge in [-0.05, 0) is 25.5 Å². The molecule has 11 heteroatoms. The molecule has 36 heavy (non-hydrogen) atoms. The SMILES string of the molecule is C=C(C[C@H]1[C@H](OC(C)=O)[C@@H](COC(C)=O)O[C@@H]2OC[C@@H](CS(=O)(=O)c3ccc(C)cc3)[C@@H]21)C(=O)OC. The van der Waals surface area contributed by atoms with Crippen LogP contribution in [0.2, 0.25) is 0 Å². The van der Waals surface area contributed by atoms with Crippen molar-refractivity contribution >= 4 is 27.7 Å². The Kier molecular flexibility index (Phi) is 8.91. The summed E-state index contributed by atoms with van der Waals surface area (Å²) in [5.74, 6) is -3.71. The summed E-state index contributed by atoms with van der Waals surface area (Å²) >= 11 is 0. The van der Waals surface area contributed by atoms with Crippen molar-refractivity contribution in [1.29, 1.82) is 0 Å². The first-order valence-electron chi connectivity index (χ1n) is 11.6. The van der Waals surface area contributed by atoms with Crippen molar-refractivity contribution in [3.8, 4) is 0 Å². The average molecular weight is 525 g/mol. The van der Waals surface area contributed by atoms with Gasteiger partial charge >= 0.3 is 17.9 Å². The van der Waals surface area contributed by atoms with E-state index in [0.717, 1.165) is 5.56 Å². The van der Waals surface area contributed by atoms with Crippen LogP contribution in [0.5, 0.6) is 0 Å². The van der Waals surface area contributed by atoms with Crippen LogP contribution >= 0.6 is 0 Å². The van der Waals surface area contributed by atoms with Crippen molar-refractivity contribution in [3.05, 3.63) is 42.0 Å². The van der Waals surface area contributed by atoms with E-state index in [4.69, 9.17) is 23.7 Å². The Bertz CT molecular complexity index is 1090. The number of hydrogen-bond acceptors (Lipinski definition) is 10. The van der Waals surface area contributed by atoms with E-state index in [0.29, 0.717) is 0 Å². The second-order valence-corrected chi connectivity index (χ2v) is 11.2. The van der Waals surface area contributed by atoms with Gasteiger partial charge in [0.15, 0.2) is 16.1 Å². The number of rotatable bonds is 9. The van der Waals surface area contributed by atoms with Gasteiger partial charge in [0, 0.05) is 37.2 Å². The van der Waals surface area contributed by atoms with Gasteiger partial charge in [0.2, 0.25) is 0 Å². The van der Waals surface area contributed by atoms with Crippen LogP contribution in [0.15, 0.2) is 41.3 Å². The second kappa shape index (κ2) is 11.5. The van der Waals surface area contributed by atoms with Crippen molar-refractivity contribution in [2.75, 3.05) is 26.1 Å². The third-order valence-electron chi connectivity index (χ3n) is 6.45. The zero-order chi connectivity index (χ0) is 26.6. The smallest absolute Gasteiger partial charge is 0.333 e. The van der Waals surface area contributed by atoms with Gasteiger partial charge in [0.1, 0.15) is 18.8 Å². The molecule has 0 amide bonds. The summed E-state index contributed by atoms with van der Waals surface area (Å²) < 4.78 is 53.8. The lowest BCUT2D eigenvalue weighted by atomic mass is 9.74. The molecule has 1 aromatic rings. The lowest BCUT2D eigenvalue weighted by Crippen LogP contribution is -2.55. The van der Waals surface area contributed by atoms with E-state index in [2.05, 4.69) is 6.58 Å². The molecule has 0 aromatic heterocycles. The van der Waals surface area contributed by atoms with Crippen LogP contribution < -0.4 is 0 Å². The maximum atomic E-state index is 13.2. The number of esters is 3. The summed E-state index contributed by atoms with van der Waals surface area (Å²) in [6.07, 6.45) is -2.65. The Morgan fingerprint density at radius 3 is 2.36 bits per heavy atom. The van der Waals surface area contributed by atoms with Gasteiger partial charge < -0.3 is 23.7 Å². The fraction of sp³-hybridized carbons (Fsp3) is 0.560. The quantitative estimate of drug-likeness (QED) is 0.268. The van der Waals surface area contributed by atoms with E-state index in [1.165, 1.54) is 21.0 Å². The molecule has 0 N–H and O–H groups in total. The maximum Gasteiger partial charge on any atom is 0.333 e. The van der Waals surface area contributed by atoms with E-state index in [-0.39, 0.29) is 35.9 Å². The molecule has 1 aromatic carbocycles. The summed E-state index contributed by atoms with van der Waals surface area (Å²) in [5, 5.41) is 0. The molecule has 2 aliphatic rings. The third-order valence-corrected chi connectivity index (χ3v) is 8.30. The fourth-order valence-electron chi connectivity index (χ4n) is 4.82. The lowest BCUT2D eigenvalue weighted by molar-refractivity contribution is -0.254. The molecule has 6 atom stereocenters. The van der Waals surface area contributed by atoms with E-state index in [9.17, 15) is 22.8 Å². The normalized spacial score (nSPS) is 27.6. The molecule has 0 spiro atoms. The predicted octanol–water partition coefficient (Wildman–Crippen LogP) is 1.99. The molecule has 2 aliphatic heterocycles. The van der Waals surface area contributed by atoms with Crippen LogP contribution in [0.3, 0.4) is 0 Å². The van der Waals surface area contributed by atoms with Crippen LogP contribution in [-0.4, -0.2) is 70.9 Å². The van der Waals surface area contributed by atoms with Crippen LogP contribution in [0, 0.1) is 24.7 Å². The minimum absolute atomic E-state index is 0.0379. The molecule has 10 nitrogen and oxygen atoms in total. The van der Waals surface area contributed by atoms with Crippen molar-refractivity contribution < 1.29 is 46.5 Å². The number of benzene rings is 1. The highest BCUT2D eigenvalue weighted by Crippen LogP contribution is 2.46. The van der Waals surface area contributed by atoms with Crippen molar-refractivity contribution in [2.45, 2.75) is 50.6 Å². The Morgan fingerprint density at radius 2 is 1.78 bits per heavy atom. The fourth-order valence-corrected chi connectivity index (χ4v) is 6.45. The first kappa shape index (κ1) is 27.8. The number of ether oxygens (including phenoxy) is 5. The largest absolute Gasteiger partial charge is 0.466 e. The lowest BCUT2D eigenvalue weighted by Gasteiger charge is -2.44. The number of carbonyl (C=O) groups excluding carboxylic acids is 3. The van der Waals surface area contributed by atoms with Crippen molar-refractivity contribution in [1.82, 2.24) is 0 Å². The molecular formula is C25H32O10S. The van der Waals surface area contributed by atoms with Crippen molar-refractivity contribution in [2.24, 2.45) is 17.8 Å². The Balaban J connectivity index is 1.95. The first-order valence-corrected chi connectivity index (χ1v) is 13.2. The molecule has 0 unspecified atom stereocenters. The molecule has 198 valence electrons. The van der Waals surface area contributed by atoms with Gasteiger partial charge in [0.25, 0.3) is 0 Å². The van der Waals surface area contributed by atoms with Gasteiger partial charge in [-0.1, -0.05) is 24.3 Å². The molecule has 0 aliphatic carbocycles. The number of aryl methyl sites for hydroxylation is 1. The zero-order valence-electron chi connectivity index (χ0n) is 20.8. The highest BCUT2D eigenvalue weighted by molar-refractivity contribution is 7.91. The summed E-state index contributed by atoms with van der Waals surface area (Å²) in [6, 6.07) is 6.57. The predicted molar refractivity (Wildman–Crippen MR) is 126 cm³/mol. The summed E-state index contributed by atoms with van der Waals surface area (Å²) in [6.45, 7) is 8.00. The second-order valence-electron chi connectivity index (χ2n) is 9.15. The Hall–Kier alpha value is -2.76. The number of carbonyl (C=O) groups is 3. The summed E-state index contributed by atoms with van der Waals surface area (Å²) in [5.41, 5.74) is 1.06. The number of fused-ring (bicyclic) bond motifs is 1. The highest BCUT2D eigenvalue weighted by atomic mass is 32.2. The summed E-state index contributed by atoms with van der Waals surface area (Å²) in [7, 11) is -2.46. The van der Waals surface area contributed by atoms with Crippen molar-refractivity contribution in [3.63, 3.8) is 0 Å². The molecular weight excluding hydrogens is 492 g/mol. The maximum absolute atomic E-state index is 13.2. The van der Waals surface area contributed by atoms with E-state index in [1.807, 2.05) is 6.92 Å².